The van der Waals surface area contributed by atoms with Crippen LogP contribution in [0.3, 0.4) is 0 Å². The molecule has 2 aromatic rings. The average Bonchev–Trinajstić information content (AvgIpc) is 2.42. The summed E-state index contributed by atoms with van der Waals surface area (Å²) in [6, 6.07) is 4.99. The predicted octanol–water partition coefficient (Wildman–Crippen LogP) is 2.16. The van der Waals surface area contributed by atoms with Crippen LogP contribution in [0.5, 0.6) is 0 Å². The first-order chi connectivity index (χ1) is 6.94. The number of halogens is 1. The van der Waals surface area contributed by atoms with Crippen LogP contribution in [0.1, 0.15) is 0 Å². The summed E-state index contributed by atoms with van der Waals surface area (Å²) < 4.78 is 32.2. The van der Waals surface area contributed by atoms with E-state index in [0.717, 1.165) is 16.0 Å². The molecular formula is C7H5ClN2O3S2. The largest absolute Gasteiger partial charge is 0.359 e. The smallest absolute Gasteiger partial charge is 0.269 e. The Morgan fingerprint density at radius 2 is 2.20 bits per heavy atom. The molecule has 80 valence electrons. The molecule has 15 heavy (non-hydrogen) atoms. The van der Waals surface area contributed by atoms with Gasteiger partial charge in [-0.1, -0.05) is 22.9 Å². The van der Waals surface area contributed by atoms with Crippen molar-refractivity contribution in [2.24, 2.45) is 0 Å². The molecule has 1 aromatic heterocycles. The highest BCUT2D eigenvalue weighted by molar-refractivity contribution is 7.87. The van der Waals surface area contributed by atoms with E-state index in [9.17, 15) is 8.42 Å². The normalized spacial score (nSPS) is 11.9. The van der Waals surface area contributed by atoms with E-state index < -0.39 is 10.3 Å². The van der Waals surface area contributed by atoms with E-state index in [4.69, 9.17) is 16.2 Å². The van der Waals surface area contributed by atoms with Crippen LogP contribution in [0.2, 0.25) is 5.02 Å². The summed E-state index contributed by atoms with van der Waals surface area (Å²) >= 11 is 6.84. The SMILES string of the molecule is O=S(=O)(O)Nc1nc2ccc(Cl)cc2s1. The van der Waals surface area contributed by atoms with Crippen molar-refractivity contribution < 1.29 is 13.0 Å². The fourth-order valence-corrected chi connectivity index (χ4v) is 2.79. The molecule has 5 nitrogen and oxygen atoms in total. The number of rotatable bonds is 2. The summed E-state index contributed by atoms with van der Waals surface area (Å²) in [6.45, 7) is 0. The standard InChI is InChI=1S/C7H5ClN2O3S2/c8-4-1-2-5-6(3-4)14-7(9-5)10-15(11,12)13/h1-3H,(H,9,10)(H,11,12,13). The second-order valence-corrected chi connectivity index (χ2v) is 5.33. The topological polar surface area (TPSA) is 79.3 Å². The highest BCUT2D eigenvalue weighted by Crippen LogP contribution is 2.28. The van der Waals surface area contributed by atoms with Crippen molar-refractivity contribution in [3.8, 4) is 0 Å². The Kier molecular flexibility index (Phi) is 2.55. The van der Waals surface area contributed by atoms with Crippen LogP contribution >= 0.6 is 22.9 Å². The number of anilines is 1. The van der Waals surface area contributed by atoms with Crippen molar-refractivity contribution in [1.82, 2.24) is 4.98 Å². The Bertz CT molecular complexity index is 608. The van der Waals surface area contributed by atoms with Crippen LogP contribution in [0.4, 0.5) is 5.13 Å². The molecule has 8 heteroatoms. The van der Waals surface area contributed by atoms with E-state index in [2.05, 4.69) is 4.98 Å². The summed E-state index contributed by atoms with van der Waals surface area (Å²) in [6.07, 6.45) is 0. The number of nitrogens with zero attached hydrogens (tertiary/aromatic N) is 1. The Morgan fingerprint density at radius 3 is 2.87 bits per heavy atom. The van der Waals surface area contributed by atoms with Gasteiger partial charge in [-0.3, -0.25) is 4.55 Å². The molecule has 0 atom stereocenters. The van der Waals surface area contributed by atoms with Crippen molar-refractivity contribution in [2.45, 2.75) is 0 Å². The van der Waals surface area contributed by atoms with E-state index >= 15 is 0 Å². The van der Waals surface area contributed by atoms with E-state index in [1.807, 2.05) is 4.72 Å². The summed E-state index contributed by atoms with van der Waals surface area (Å²) in [5.74, 6) is 0. The van der Waals surface area contributed by atoms with Gasteiger partial charge in [0.25, 0.3) is 0 Å². The van der Waals surface area contributed by atoms with Gasteiger partial charge < -0.3 is 0 Å². The molecule has 0 fully saturated rings. The van der Waals surface area contributed by atoms with Crippen LogP contribution in [0.25, 0.3) is 10.2 Å². The fraction of sp³-hybridized carbons (Fsp3) is 0. The molecular weight excluding hydrogens is 260 g/mol. The Labute approximate surface area is 94.6 Å². The molecule has 0 amide bonds. The second-order valence-electron chi connectivity index (χ2n) is 2.71. The lowest BCUT2D eigenvalue weighted by Gasteiger charge is -1.93. The third-order valence-corrected chi connectivity index (χ3v) is 3.32. The number of aromatic nitrogens is 1. The highest BCUT2D eigenvalue weighted by Gasteiger charge is 2.09. The first kappa shape index (κ1) is 10.6. The van der Waals surface area contributed by atoms with E-state index in [1.165, 1.54) is 0 Å². The number of nitrogens with one attached hydrogen (secondary N) is 1. The Balaban J connectivity index is 2.48. The summed E-state index contributed by atoms with van der Waals surface area (Å²) in [7, 11) is -4.27. The van der Waals surface area contributed by atoms with E-state index in [1.54, 1.807) is 18.2 Å². The van der Waals surface area contributed by atoms with Crippen LogP contribution < -0.4 is 4.72 Å². The molecule has 2 N–H and O–H groups in total. The molecule has 0 radical (unpaired) electrons. The minimum atomic E-state index is -4.27. The number of fused-ring (bicyclic) bond motifs is 1. The van der Waals surface area contributed by atoms with Gasteiger partial charge in [0.1, 0.15) is 0 Å². The average molecular weight is 265 g/mol. The molecule has 0 saturated carbocycles. The minimum Gasteiger partial charge on any atom is -0.269 e. The molecule has 0 unspecified atom stereocenters. The fourth-order valence-electron chi connectivity index (χ4n) is 1.05. The monoisotopic (exact) mass is 264 g/mol. The maximum Gasteiger partial charge on any atom is 0.359 e. The number of hydrogen-bond acceptors (Lipinski definition) is 4. The van der Waals surface area contributed by atoms with Crippen molar-refractivity contribution in [2.75, 3.05) is 4.72 Å². The van der Waals surface area contributed by atoms with Crippen molar-refractivity contribution in [1.29, 1.82) is 0 Å². The third kappa shape index (κ3) is 2.57. The first-order valence-corrected chi connectivity index (χ1v) is 6.39. The van der Waals surface area contributed by atoms with Gasteiger partial charge in [0.2, 0.25) is 0 Å². The maximum absolute atomic E-state index is 10.5. The molecule has 0 spiro atoms. The molecule has 0 aliphatic rings. The van der Waals surface area contributed by atoms with Crippen LogP contribution in [0, 0.1) is 0 Å². The van der Waals surface area contributed by atoms with E-state index in [-0.39, 0.29) is 5.13 Å². The molecule has 1 aromatic carbocycles. The van der Waals surface area contributed by atoms with Crippen molar-refractivity contribution in [3.05, 3.63) is 23.2 Å². The zero-order valence-electron chi connectivity index (χ0n) is 7.14. The zero-order valence-corrected chi connectivity index (χ0v) is 9.53. The molecule has 1 heterocycles. The Morgan fingerprint density at radius 1 is 1.47 bits per heavy atom. The third-order valence-electron chi connectivity index (χ3n) is 1.57. The second kappa shape index (κ2) is 3.60. The van der Waals surface area contributed by atoms with Gasteiger partial charge in [0.15, 0.2) is 5.13 Å². The number of benzene rings is 1. The minimum absolute atomic E-state index is 0.106. The molecule has 0 bridgehead atoms. The summed E-state index contributed by atoms with van der Waals surface area (Å²) in [5, 5.41) is 0.652. The highest BCUT2D eigenvalue weighted by atomic mass is 35.5. The summed E-state index contributed by atoms with van der Waals surface area (Å²) in [4.78, 5) is 3.95. The molecule has 0 saturated heterocycles. The number of thiazole rings is 1. The van der Waals surface area contributed by atoms with Crippen LogP contribution in [0.15, 0.2) is 18.2 Å². The van der Waals surface area contributed by atoms with Gasteiger partial charge in [0.05, 0.1) is 10.2 Å². The van der Waals surface area contributed by atoms with Crippen LogP contribution in [-0.2, 0) is 10.3 Å². The molecule has 0 aliphatic carbocycles. The predicted molar refractivity (Wildman–Crippen MR) is 59.8 cm³/mol. The lowest BCUT2D eigenvalue weighted by molar-refractivity contribution is 0.489. The lowest BCUT2D eigenvalue weighted by Crippen LogP contribution is -2.09. The van der Waals surface area contributed by atoms with Crippen molar-refractivity contribution in [3.63, 3.8) is 0 Å². The van der Waals surface area contributed by atoms with Crippen molar-refractivity contribution >= 4 is 48.6 Å². The zero-order chi connectivity index (χ0) is 11.1. The van der Waals surface area contributed by atoms with E-state index in [0.29, 0.717) is 10.5 Å². The molecule has 2 rings (SSSR count). The van der Waals surface area contributed by atoms with Gasteiger partial charge in [-0.15, -0.1) is 0 Å². The lowest BCUT2D eigenvalue weighted by atomic mass is 10.3. The first-order valence-electron chi connectivity index (χ1n) is 3.75. The summed E-state index contributed by atoms with van der Waals surface area (Å²) in [5.41, 5.74) is 0.621. The van der Waals surface area contributed by atoms with Crippen LogP contribution in [-0.4, -0.2) is 18.0 Å². The quantitative estimate of drug-likeness (QED) is 0.815. The van der Waals surface area contributed by atoms with Gasteiger partial charge in [-0.2, -0.15) is 8.42 Å². The Hall–Kier alpha value is -0.890. The van der Waals surface area contributed by atoms with Gasteiger partial charge in [-0.25, -0.2) is 9.71 Å². The van der Waals surface area contributed by atoms with Gasteiger partial charge in [0, 0.05) is 5.02 Å². The van der Waals surface area contributed by atoms with Gasteiger partial charge in [-0.05, 0) is 18.2 Å². The maximum atomic E-state index is 10.5. The molecule has 0 aliphatic heterocycles. The number of hydrogen-bond donors (Lipinski definition) is 2. The van der Waals surface area contributed by atoms with Gasteiger partial charge >= 0.3 is 10.3 Å².